The molecule has 2 amide bonds. The monoisotopic (exact) mass is 312 g/mol. The second-order valence-electron chi connectivity index (χ2n) is 7.50. The van der Waals surface area contributed by atoms with E-state index in [-0.39, 0.29) is 29.5 Å². The van der Waals surface area contributed by atoms with Gasteiger partial charge in [0.05, 0.1) is 12.0 Å². The molecule has 0 saturated carbocycles. The number of ether oxygens (including phenoxy) is 1. The van der Waals surface area contributed by atoms with Crippen molar-refractivity contribution in [1.82, 2.24) is 10.2 Å². The van der Waals surface area contributed by atoms with Crippen molar-refractivity contribution in [3.8, 4) is 0 Å². The normalized spacial score (nSPS) is 27.5. The predicted molar refractivity (Wildman–Crippen MR) is 82.7 cm³/mol. The Bertz CT molecular complexity index is 411. The molecule has 2 atom stereocenters. The summed E-state index contributed by atoms with van der Waals surface area (Å²) in [6.45, 7) is 8.17. The maximum atomic E-state index is 12.3. The van der Waals surface area contributed by atoms with E-state index in [9.17, 15) is 9.59 Å². The molecule has 0 aromatic carbocycles. The first-order valence-corrected chi connectivity index (χ1v) is 8.17. The molecule has 126 valence electrons. The lowest BCUT2D eigenvalue weighted by Gasteiger charge is -2.39. The van der Waals surface area contributed by atoms with E-state index in [1.54, 1.807) is 4.90 Å². The molecule has 2 N–H and O–H groups in total. The molecule has 0 aliphatic carbocycles. The third-order valence-electron chi connectivity index (χ3n) is 4.71. The molecule has 0 aromatic rings. The fourth-order valence-electron chi connectivity index (χ4n) is 3.13. The minimum atomic E-state index is -0.752. The molecule has 2 aliphatic heterocycles. The second kappa shape index (κ2) is 6.86. The van der Waals surface area contributed by atoms with E-state index < -0.39 is 5.97 Å². The van der Waals surface area contributed by atoms with Crippen LogP contribution in [0.3, 0.4) is 0 Å². The predicted octanol–water partition coefficient (Wildman–Crippen LogP) is 2.09. The van der Waals surface area contributed by atoms with Gasteiger partial charge in [-0.05, 0) is 31.1 Å². The van der Waals surface area contributed by atoms with Crippen molar-refractivity contribution in [3.05, 3.63) is 0 Å². The SMILES string of the molecule is CC(C)(C)C1CC(NC(=O)N2CCC(C(=O)O)CC2)CCO1. The lowest BCUT2D eigenvalue weighted by atomic mass is 9.83. The maximum absolute atomic E-state index is 12.3. The Morgan fingerprint density at radius 2 is 1.82 bits per heavy atom. The highest BCUT2D eigenvalue weighted by atomic mass is 16.5. The number of carboxylic acid groups (broad SMARTS) is 1. The minimum absolute atomic E-state index is 0.0663. The van der Waals surface area contributed by atoms with Crippen LogP contribution in [0.2, 0.25) is 0 Å². The summed E-state index contributed by atoms with van der Waals surface area (Å²) in [5, 5.41) is 12.1. The zero-order valence-corrected chi connectivity index (χ0v) is 13.8. The van der Waals surface area contributed by atoms with Crippen molar-refractivity contribution in [2.75, 3.05) is 19.7 Å². The third-order valence-corrected chi connectivity index (χ3v) is 4.71. The van der Waals surface area contributed by atoms with E-state index in [2.05, 4.69) is 26.1 Å². The molecule has 0 spiro atoms. The van der Waals surface area contributed by atoms with Crippen LogP contribution < -0.4 is 5.32 Å². The Kier molecular flexibility index (Phi) is 5.32. The first-order valence-electron chi connectivity index (χ1n) is 8.17. The van der Waals surface area contributed by atoms with Gasteiger partial charge >= 0.3 is 12.0 Å². The van der Waals surface area contributed by atoms with Gasteiger partial charge in [-0.15, -0.1) is 0 Å². The van der Waals surface area contributed by atoms with Crippen LogP contribution in [0.25, 0.3) is 0 Å². The van der Waals surface area contributed by atoms with Crippen molar-refractivity contribution < 1.29 is 19.4 Å². The van der Waals surface area contributed by atoms with Gasteiger partial charge in [0.2, 0.25) is 0 Å². The number of hydrogen-bond acceptors (Lipinski definition) is 3. The number of carboxylic acids is 1. The lowest BCUT2D eigenvalue weighted by Crippen LogP contribution is -2.51. The molecule has 2 heterocycles. The molecular weight excluding hydrogens is 284 g/mol. The molecule has 0 radical (unpaired) electrons. The van der Waals surface area contributed by atoms with Crippen molar-refractivity contribution >= 4 is 12.0 Å². The fourth-order valence-corrected chi connectivity index (χ4v) is 3.13. The molecule has 2 saturated heterocycles. The highest BCUT2D eigenvalue weighted by molar-refractivity contribution is 5.75. The average molecular weight is 312 g/mol. The number of hydrogen-bond donors (Lipinski definition) is 2. The van der Waals surface area contributed by atoms with E-state index in [1.807, 2.05) is 0 Å². The summed E-state index contributed by atoms with van der Waals surface area (Å²) in [6, 6.07) is 0.0751. The molecule has 2 aliphatic rings. The smallest absolute Gasteiger partial charge is 0.317 e. The molecule has 6 heteroatoms. The average Bonchev–Trinajstić information content (AvgIpc) is 2.46. The Morgan fingerprint density at radius 1 is 1.18 bits per heavy atom. The van der Waals surface area contributed by atoms with Gasteiger partial charge in [-0.1, -0.05) is 20.8 Å². The Labute approximate surface area is 132 Å². The lowest BCUT2D eigenvalue weighted by molar-refractivity contribution is -0.143. The number of carbonyl (C=O) groups is 2. The van der Waals surface area contributed by atoms with Crippen LogP contribution in [0.1, 0.15) is 46.5 Å². The Balaban J connectivity index is 1.81. The highest BCUT2D eigenvalue weighted by Crippen LogP contribution is 2.29. The van der Waals surface area contributed by atoms with Gasteiger partial charge in [-0.25, -0.2) is 4.79 Å². The summed E-state index contributed by atoms with van der Waals surface area (Å²) in [5.41, 5.74) is 0.0726. The summed E-state index contributed by atoms with van der Waals surface area (Å²) in [6.07, 6.45) is 2.91. The van der Waals surface area contributed by atoms with Crippen molar-refractivity contribution in [2.24, 2.45) is 11.3 Å². The van der Waals surface area contributed by atoms with Crippen LogP contribution in [0, 0.1) is 11.3 Å². The molecule has 2 fully saturated rings. The molecule has 22 heavy (non-hydrogen) atoms. The number of aliphatic carboxylic acids is 1. The van der Waals surface area contributed by atoms with Gasteiger partial charge in [-0.3, -0.25) is 4.79 Å². The maximum Gasteiger partial charge on any atom is 0.317 e. The molecule has 0 bridgehead atoms. The van der Waals surface area contributed by atoms with Gasteiger partial charge in [-0.2, -0.15) is 0 Å². The minimum Gasteiger partial charge on any atom is -0.481 e. The quantitative estimate of drug-likeness (QED) is 0.818. The largest absolute Gasteiger partial charge is 0.481 e. The molecule has 2 unspecified atom stereocenters. The first-order chi connectivity index (χ1) is 10.3. The van der Waals surface area contributed by atoms with Crippen LogP contribution in [0.5, 0.6) is 0 Å². The van der Waals surface area contributed by atoms with Gasteiger partial charge in [0, 0.05) is 25.7 Å². The number of carbonyl (C=O) groups excluding carboxylic acids is 1. The summed E-state index contributed by atoms with van der Waals surface area (Å²) < 4.78 is 5.81. The summed E-state index contributed by atoms with van der Waals surface area (Å²) in [5.74, 6) is -1.06. The van der Waals surface area contributed by atoms with E-state index in [1.165, 1.54) is 0 Å². The number of piperidine rings is 1. The molecule has 2 rings (SSSR count). The standard InChI is InChI=1S/C16H28N2O4/c1-16(2,3)13-10-12(6-9-22-13)17-15(21)18-7-4-11(5-8-18)14(19)20/h11-13H,4-10H2,1-3H3,(H,17,21)(H,19,20). The third kappa shape index (κ3) is 4.35. The molecular formula is C16H28N2O4. The Hall–Kier alpha value is -1.30. The van der Waals surface area contributed by atoms with Crippen LogP contribution in [0.4, 0.5) is 4.79 Å². The van der Waals surface area contributed by atoms with E-state index in [0.29, 0.717) is 32.5 Å². The fraction of sp³-hybridized carbons (Fsp3) is 0.875. The van der Waals surface area contributed by atoms with E-state index in [4.69, 9.17) is 9.84 Å². The van der Waals surface area contributed by atoms with Crippen LogP contribution in [0.15, 0.2) is 0 Å². The van der Waals surface area contributed by atoms with Crippen LogP contribution >= 0.6 is 0 Å². The zero-order chi connectivity index (χ0) is 16.3. The van der Waals surface area contributed by atoms with Gasteiger partial charge < -0.3 is 20.1 Å². The molecule has 6 nitrogen and oxygen atoms in total. The van der Waals surface area contributed by atoms with Crippen molar-refractivity contribution in [1.29, 1.82) is 0 Å². The zero-order valence-electron chi connectivity index (χ0n) is 13.8. The number of rotatable bonds is 2. The number of likely N-dealkylation sites (tertiary alicyclic amines) is 1. The summed E-state index contributed by atoms with van der Waals surface area (Å²) in [4.78, 5) is 25.0. The van der Waals surface area contributed by atoms with Gasteiger partial charge in [0.1, 0.15) is 0 Å². The van der Waals surface area contributed by atoms with Gasteiger partial charge in [0.15, 0.2) is 0 Å². The summed E-state index contributed by atoms with van der Waals surface area (Å²) in [7, 11) is 0. The van der Waals surface area contributed by atoms with Crippen molar-refractivity contribution in [2.45, 2.75) is 58.6 Å². The van der Waals surface area contributed by atoms with E-state index in [0.717, 1.165) is 12.8 Å². The molecule has 0 aromatic heterocycles. The Morgan fingerprint density at radius 3 is 2.36 bits per heavy atom. The number of urea groups is 1. The first kappa shape index (κ1) is 17.1. The van der Waals surface area contributed by atoms with Crippen LogP contribution in [-0.2, 0) is 9.53 Å². The summed E-state index contributed by atoms with van der Waals surface area (Å²) >= 11 is 0. The second-order valence-corrected chi connectivity index (χ2v) is 7.50. The highest BCUT2D eigenvalue weighted by Gasteiger charge is 2.33. The van der Waals surface area contributed by atoms with Gasteiger partial charge in [0.25, 0.3) is 0 Å². The van der Waals surface area contributed by atoms with Crippen LogP contribution in [-0.4, -0.2) is 53.8 Å². The number of nitrogens with zero attached hydrogens (tertiary/aromatic N) is 1. The topological polar surface area (TPSA) is 78.9 Å². The number of nitrogens with one attached hydrogen (secondary N) is 1. The van der Waals surface area contributed by atoms with E-state index >= 15 is 0 Å². The van der Waals surface area contributed by atoms with Crippen molar-refractivity contribution in [3.63, 3.8) is 0 Å². The number of amides is 2.